The fraction of sp³-hybridized carbons (Fsp3) is 0.550. The Hall–Kier alpha value is -1.79. The largest absolute Gasteiger partial charge is 0.381 e. The summed E-state index contributed by atoms with van der Waals surface area (Å²) in [7, 11) is 1.77. The lowest BCUT2D eigenvalue weighted by Gasteiger charge is -2.41. The van der Waals surface area contributed by atoms with Crippen LogP contribution in [0.3, 0.4) is 0 Å². The molecule has 1 aromatic rings. The SMILES string of the molecule is COC1CCC(CCNC(=O)c2ccc(F)c(F)c2)C(N2CC=CC2)C1. The summed E-state index contributed by atoms with van der Waals surface area (Å²) in [4.78, 5) is 14.6. The molecule has 142 valence electrons. The summed E-state index contributed by atoms with van der Waals surface area (Å²) in [6.07, 6.45) is 8.68. The molecular weight excluding hydrogens is 338 g/mol. The van der Waals surface area contributed by atoms with Gasteiger partial charge >= 0.3 is 0 Å². The molecule has 2 aliphatic rings. The molecule has 1 saturated carbocycles. The van der Waals surface area contributed by atoms with E-state index in [1.54, 1.807) is 7.11 Å². The predicted octanol–water partition coefficient (Wildman–Crippen LogP) is 3.14. The quantitative estimate of drug-likeness (QED) is 0.789. The number of benzene rings is 1. The summed E-state index contributed by atoms with van der Waals surface area (Å²) in [5.74, 6) is -1.82. The number of amides is 1. The smallest absolute Gasteiger partial charge is 0.251 e. The highest BCUT2D eigenvalue weighted by atomic mass is 19.2. The number of ether oxygens (including phenoxy) is 1. The number of rotatable bonds is 6. The maximum Gasteiger partial charge on any atom is 0.251 e. The van der Waals surface area contributed by atoms with Gasteiger partial charge in [-0.1, -0.05) is 12.2 Å². The molecule has 0 radical (unpaired) electrons. The zero-order valence-corrected chi connectivity index (χ0v) is 15.1. The maximum atomic E-state index is 13.3. The number of carbonyl (C=O) groups is 1. The monoisotopic (exact) mass is 364 g/mol. The molecule has 26 heavy (non-hydrogen) atoms. The van der Waals surface area contributed by atoms with Crippen molar-refractivity contribution in [1.82, 2.24) is 10.2 Å². The molecule has 1 amide bonds. The van der Waals surface area contributed by atoms with Crippen molar-refractivity contribution in [2.75, 3.05) is 26.7 Å². The average Bonchev–Trinajstić information content (AvgIpc) is 3.18. The van der Waals surface area contributed by atoms with Crippen LogP contribution in [0.2, 0.25) is 0 Å². The van der Waals surface area contributed by atoms with Gasteiger partial charge in [-0.05, 0) is 49.8 Å². The zero-order chi connectivity index (χ0) is 18.5. The summed E-state index contributed by atoms with van der Waals surface area (Å²) >= 11 is 0. The number of hydrogen-bond donors (Lipinski definition) is 1. The van der Waals surface area contributed by atoms with Gasteiger partial charge in [0.05, 0.1) is 6.10 Å². The van der Waals surface area contributed by atoms with Crippen molar-refractivity contribution in [2.45, 2.75) is 37.8 Å². The molecule has 1 heterocycles. The molecule has 1 aromatic carbocycles. The van der Waals surface area contributed by atoms with Crippen LogP contribution in [-0.2, 0) is 4.74 Å². The average molecular weight is 364 g/mol. The van der Waals surface area contributed by atoms with Gasteiger partial charge in [0.25, 0.3) is 5.91 Å². The minimum absolute atomic E-state index is 0.146. The van der Waals surface area contributed by atoms with Crippen molar-refractivity contribution in [3.63, 3.8) is 0 Å². The van der Waals surface area contributed by atoms with Crippen LogP contribution in [0.15, 0.2) is 30.4 Å². The van der Waals surface area contributed by atoms with Crippen LogP contribution in [0.5, 0.6) is 0 Å². The second-order valence-electron chi connectivity index (χ2n) is 7.10. The molecule has 6 heteroatoms. The highest BCUT2D eigenvalue weighted by molar-refractivity contribution is 5.94. The van der Waals surface area contributed by atoms with Crippen molar-refractivity contribution < 1.29 is 18.3 Å². The zero-order valence-electron chi connectivity index (χ0n) is 15.1. The van der Waals surface area contributed by atoms with Gasteiger partial charge in [-0.3, -0.25) is 9.69 Å². The van der Waals surface area contributed by atoms with Crippen molar-refractivity contribution in [3.8, 4) is 0 Å². The minimum atomic E-state index is -1.00. The normalized spacial score (nSPS) is 26.2. The highest BCUT2D eigenvalue weighted by Crippen LogP contribution is 2.33. The van der Waals surface area contributed by atoms with Crippen LogP contribution in [0.25, 0.3) is 0 Å². The van der Waals surface area contributed by atoms with Gasteiger partial charge in [-0.25, -0.2) is 8.78 Å². The van der Waals surface area contributed by atoms with Crippen molar-refractivity contribution >= 4 is 5.91 Å². The molecule has 3 unspecified atom stereocenters. The molecule has 0 bridgehead atoms. The summed E-state index contributed by atoms with van der Waals surface area (Å²) in [6, 6.07) is 3.67. The first-order valence-electron chi connectivity index (χ1n) is 9.23. The Labute approximate surface area is 153 Å². The third-order valence-corrected chi connectivity index (χ3v) is 5.54. The lowest BCUT2D eigenvalue weighted by atomic mass is 9.80. The lowest BCUT2D eigenvalue weighted by Crippen LogP contribution is -2.46. The molecule has 0 saturated heterocycles. The van der Waals surface area contributed by atoms with Crippen LogP contribution in [0, 0.1) is 17.6 Å². The Morgan fingerprint density at radius 3 is 2.69 bits per heavy atom. The van der Waals surface area contributed by atoms with E-state index in [0.717, 1.165) is 50.9 Å². The van der Waals surface area contributed by atoms with Crippen LogP contribution >= 0.6 is 0 Å². The summed E-state index contributed by atoms with van der Waals surface area (Å²) in [6.45, 7) is 2.47. The van der Waals surface area contributed by atoms with Gasteiger partial charge in [-0.2, -0.15) is 0 Å². The van der Waals surface area contributed by atoms with Crippen molar-refractivity contribution in [2.24, 2.45) is 5.92 Å². The van der Waals surface area contributed by atoms with Gasteiger partial charge in [0, 0.05) is 38.3 Å². The standard InChI is InChI=1S/C20H26F2N2O2/c1-26-16-6-4-14(19(13-16)24-10-2-3-11-24)8-9-23-20(25)15-5-7-17(21)18(22)12-15/h2-3,5,7,12,14,16,19H,4,6,8-11,13H2,1H3,(H,23,25). The third-order valence-electron chi connectivity index (χ3n) is 5.54. The van der Waals surface area contributed by atoms with E-state index >= 15 is 0 Å². The van der Waals surface area contributed by atoms with Gasteiger partial charge in [0.1, 0.15) is 0 Å². The van der Waals surface area contributed by atoms with Gasteiger partial charge in [-0.15, -0.1) is 0 Å². The topological polar surface area (TPSA) is 41.6 Å². The first-order valence-corrected chi connectivity index (χ1v) is 9.23. The molecule has 1 fully saturated rings. The summed E-state index contributed by atoms with van der Waals surface area (Å²) < 4.78 is 31.8. The van der Waals surface area contributed by atoms with Crippen molar-refractivity contribution in [1.29, 1.82) is 0 Å². The molecule has 1 N–H and O–H groups in total. The molecule has 0 spiro atoms. The fourth-order valence-corrected chi connectivity index (χ4v) is 4.05. The van der Waals surface area contributed by atoms with Crippen molar-refractivity contribution in [3.05, 3.63) is 47.5 Å². The molecule has 1 aliphatic heterocycles. The number of carbonyl (C=O) groups excluding carboxylic acids is 1. The van der Waals surface area contributed by atoms with E-state index in [9.17, 15) is 13.6 Å². The summed E-state index contributed by atoms with van der Waals surface area (Å²) in [5, 5.41) is 2.84. The van der Waals surface area contributed by atoms with E-state index in [2.05, 4.69) is 22.4 Å². The van der Waals surface area contributed by atoms with E-state index < -0.39 is 11.6 Å². The molecule has 3 atom stereocenters. The molecular formula is C20H26F2N2O2. The second kappa shape index (κ2) is 8.73. The molecule has 4 nitrogen and oxygen atoms in total. The second-order valence-corrected chi connectivity index (χ2v) is 7.10. The van der Waals surface area contributed by atoms with E-state index in [-0.39, 0.29) is 11.5 Å². The van der Waals surface area contributed by atoms with Crippen LogP contribution in [-0.4, -0.2) is 49.7 Å². The van der Waals surface area contributed by atoms with Crippen LogP contribution in [0.4, 0.5) is 8.78 Å². The Kier molecular flexibility index (Phi) is 6.38. The molecule has 0 aromatic heterocycles. The minimum Gasteiger partial charge on any atom is -0.381 e. The number of nitrogens with one attached hydrogen (secondary N) is 1. The number of halogens is 2. The van der Waals surface area contributed by atoms with Gasteiger partial charge in [0.15, 0.2) is 11.6 Å². The first-order chi connectivity index (χ1) is 12.6. The molecule has 3 rings (SSSR count). The fourth-order valence-electron chi connectivity index (χ4n) is 4.05. The molecule has 1 aliphatic carbocycles. The summed E-state index contributed by atoms with van der Waals surface area (Å²) in [5.41, 5.74) is 0.146. The van der Waals surface area contributed by atoms with E-state index in [1.165, 1.54) is 6.07 Å². The Balaban J connectivity index is 1.53. The Bertz CT molecular complexity index is 657. The Morgan fingerprint density at radius 1 is 1.23 bits per heavy atom. The number of nitrogens with zero attached hydrogens (tertiary/aromatic N) is 1. The van der Waals surface area contributed by atoms with E-state index in [1.807, 2.05) is 0 Å². The van der Waals surface area contributed by atoms with Gasteiger partial charge < -0.3 is 10.1 Å². The highest BCUT2D eigenvalue weighted by Gasteiger charge is 2.34. The van der Waals surface area contributed by atoms with E-state index in [0.29, 0.717) is 24.6 Å². The predicted molar refractivity (Wildman–Crippen MR) is 95.9 cm³/mol. The number of methoxy groups -OCH3 is 1. The Morgan fingerprint density at radius 2 is 2.00 bits per heavy atom. The third kappa shape index (κ3) is 4.48. The number of hydrogen-bond acceptors (Lipinski definition) is 3. The van der Waals surface area contributed by atoms with Gasteiger partial charge in [0.2, 0.25) is 0 Å². The van der Waals surface area contributed by atoms with E-state index in [4.69, 9.17) is 4.74 Å². The van der Waals surface area contributed by atoms with Crippen LogP contribution in [0.1, 0.15) is 36.0 Å². The van der Waals surface area contributed by atoms with Crippen LogP contribution < -0.4 is 5.32 Å². The maximum absolute atomic E-state index is 13.3. The lowest BCUT2D eigenvalue weighted by molar-refractivity contribution is 0.00787. The first kappa shape index (κ1) is 19.0.